The van der Waals surface area contributed by atoms with Gasteiger partial charge in [-0.05, 0) is 37.5 Å². The molecule has 3 rings (SSSR count). The lowest BCUT2D eigenvalue weighted by Gasteiger charge is -2.38. The second-order valence-electron chi connectivity index (χ2n) is 6.39. The molecule has 1 aromatic heterocycles. The lowest BCUT2D eigenvalue weighted by molar-refractivity contribution is -0.385. The third-order valence-electron chi connectivity index (χ3n) is 4.79. The van der Waals surface area contributed by atoms with E-state index in [1.807, 2.05) is 24.3 Å². The van der Waals surface area contributed by atoms with Crippen LogP contribution in [0.2, 0.25) is 5.02 Å². The quantitative estimate of drug-likeness (QED) is 0.611. The molecule has 0 bridgehead atoms. The first-order valence-corrected chi connectivity index (χ1v) is 9.47. The maximum atomic E-state index is 12.5. The number of carbonyl (C=O) groups is 1. The van der Waals surface area contributed by atoms with E-state index < -0.39 is 4.92 Å². The van der Waals surface area contributed by atoms with Crippen LogP contribution in [-0.2, 0) is 10.2 Å². The van der Waals surface area contributed by atoms with Crippen molar-refractivity contribution in [3.05, 3.63) is 60.8 Å². The summed E-state index contributed by atoms with van der Waals surface area (Å²) in [4.78, 5) is 23.9. The van der Waals surface area contributed by atoms with Crippen LogP contribution in [0.4, 0.5) is 5.69 Å². The van der Waals surface area contributed by atoms with Gasteiger partial charge in [0.25, 0.3) is 11.6 Å². The van der Waals surface area contributed by atoms with E-state index >= 15 is 0 Å². The number of benzene rings is 1. The van der Waals surface area contributed by atoms with Crippen molar-refractivity contribution in [1.29, 1.82) is 0 Å². The monoisotopic (exact) mass is 394 g/mol. The van der Waals surface area contributed by atoms with Crippen LogP contribution in [0.1, 0.15) is 33.0 Å². The highest BCUT2D eigenvalue weighted by molar-refractivity contribution is 7.14. The third-order valence-corrected chi connectivity index (χ3v) is 6.06. The summed E-state index contributed by atoms with van der Waals surface area (Å²) >= 11 is 7.29. The number of nitrogens with one attached hydrogen (secondary N) is 1. The predicted octanol–water partition coefficient (Wildman–Crippen LogP) is 4.10. The lowest BCUT2D eigenvalue weighted by Crippen LogP contribution is -2.44. The molecule has 1 saturated heterocycles. The summed E-state index contributed by atoms with van der Waals surface area (Å²) in [7, 11) is 0. The number of hydrogen-bond donors (Lipinski definition) is 1. The van der Waals surface area contributed by atoms with Crippen LogP contribution in [0.5, 0.6) is 0 Å². The average molecular weight is 395 g/mol. The fraction of sp³-hybridized carbons (Fsp3) is 0.389. The van der Waals surface area contributed by atoms with Crippen LogP contribution in [0, 0.1) is 17.0 Å². The van der Waals surface area contributed by atoms with Gasteiger partial charge >= 0.3 is 0 Å². The molecule has 0 radical (unpaired) electrons. The van der Waals surface area contributed by atoms with Gasteiger partial charge in [-0.2, -0.15) is 0 Å². The van der Waals surface area contributed by atoms with Crippen LogP contribution in [0.25, 0.3) is 0 Å². The normalized spacial score (nSPS) is 16.2. The first kappa shape index (κ1) is 18.8. The van der Waals surface area contributed by atoms with Gasteiger partial charge in [0.05, 0.1) is 14.7 Å². The molecule has 1 amide bonds. The summed E-state index contributed by atoms with van der Waals surface area (Å²) in [6, 6.07) is 9.01. The van der Waals surface area contributed by atoms with Crippen LogP contribution in [0.3, 0.4) is 0 Å². The Balaban J connectivity index is 1.79. The largest absolute Gasteiger partial charge is 0.381 e. The zero-order chi connectivity index (χ0) is 18.7. The van der Waals surface area contributed by atoms with E-state index in [0.29, 0.717) is 34.5 Å². The standard InChI is InChI=1S/C18H19ClN2O4S/c1-12-15(21(23)24)10-16(26-12)17(22)20-11-18(5-7-25-8-6-18)13-3-2-4-14(19)9-13/h2-4,9-10H,5-8,11H2,1H3,(H,20,22). The maximum absolute atomic E-state index is 12.5. The number of hydrogen-bond acceptors (Lipinski definition) is 5. The van der Waals surface area contributed by atoms with Gasteiger partial charge in [-0.1, -0.05) is 23.7 Å². The minimum Gasteiger partial charge on any atom is -0.381 e. The number of halogens is 1. The first-order valence-electron chi connectivity index (χ1n) is 8.28. The molecule has 2 heterocycles. The number of ether oxygens (including phenoxy) is 1. The van der Waals surface area contributed by atoms with Gasteiger partial charge in [-0.3, -0.25) is 14.9 Å². The van der Waals surface area contributed by atoms with Crippen molar-refractivity contribution >= 4 is 34.5 Å². The number of thiophene rings is 1. The molecule has 138 valence electrons. The summed E-state index contributed by atoms with van der Waals surface area (Å²) < 4.78 is 5.49. The van der Waals surface area contributed by atoms with E-state index in [4.69, 9.17) is 16.3 Å². The predicted molar refractivity (Wildman–Crippen MR) is 101 cm³/mol. The Bertz CT molecular complexity index is 830. The fourth-order valence-corrected chi connectivity index (χ4v) is 4.34. The van der Waals surface area contributed by atoms with Gasteiger partial charge in [-0.25, -0.2) is 0 Å². The Kier molecular flexibility index (Phi) is 5.60. The highest BCUT2D eigenvalue weighted by Gasteiger charge is 2.35. The van der Waals surface area contributed by atoms with Gasteiger partial charge in [0.15, 0.2) is 0 Å². The number of nitro groups is 1. The molecule has 0 atom stereocenters. The van der Waals surface area contributed by atoms with Crippen LogP contribution >= 0.6 is 22.9 Å². The van der Waals surface area contributed by atoms with Gasteiger partial charge in [-0.15, -0.1) is 11.3 Å². The second kappa shape index (κ2) is 7.73. The molecule has 6 nitrogen and oxygen atoms in total. The Morgan fingerprint density at radius 3 is 2.73 bits per heavy atom. The van der Waals surface area contributed by atoms with Gasteiger partial charge < -0.3 is 10.1 Å². The van der Waals surface area contributed by atoms with Crippen LogP contribution in [-0.4, -0.2) is 30.6 Å². The molecule has 0 saturated carbocycles. The molecule has 1 fully saturated rings. The van der Waals surface area contributed by atoms with Crippen molar-refractivity contribution in [2.75, 3.05) is 19.8 Å². The van der Waals surface area contributed by atoms with Crippen LogP contribution in [0.15, 0.2) is 30.3 Å². The van der Waals surface area contributed by atoms with E-state index in [0.717, 1.165) is 29.7 Å². The number of amides is 1. The maximum Gasteiger partial charge on any atom is 0.283 e. The minimum absolute atomic E-state index is 0.0178. The van der Waals surface area contributed by atoms with Crippen molar-refractivity contribution in [3.63, 3.8) is 0 Å². The van der Waals surface area contributed by atoms with E-state index in [9.17, 15) is 14.9 Å². The molecule has 26 heavy (non-hydrogen) atoms. The molecule has 1 aliphatic rings. The van der Waals surface area contributed by atoms with E-state index in [1.54, 1.807) is 6.92 Å². The molecule has 0 unspecified atom stereocenters. The van der Waals surface area contributed by atoms with Gasteiger partial charge in [0.2, 0.25) is 0 Å². The molecule has 1 aliphatic heterocycles. The van der Waals surface area contributed by atoms with E-state index in [1.165, 1.54) is 6.07 Å². The molecule has 1 N–H and O–H groups in total. The minimum atomic E-state index is -0.464. The summed E-state index contributed by atoms with van der Waals surface area (Å²) in [5, 5.41) is 14.6. The van der Waals surface area contributed by atoms with Gasteiger partial charge in [0, 0.05) is 36.3 Å². The molecule has 8 heteroatoms. The Morgan fingerprint density at radius 1 is 1.38 bits per heavy atom. The molecule has 1 aromatic carbocycles. The molecular weight excluding hydrogens is 376 g/mol. The summed E-state index contributed by atoms with van der Waals surface area (Å²) in [5.41, 5.74) is 0.801. The Hall–Kier alpha value is -1.96. The van der Waals surface area contributed by atoms with E-state index in [2.05, 4.69) is 5.32 Å². The number of nitrogens with zero attached hydrogens (tertiary/aromatic N) is 1. The molecular formula is C18H19ClN2O4S. The fourth-order valence-electron chi connectivity index (χ4n) is 3.25. The Labute approximate surface area is 160 Å². The van der Waals surface area contributed by atoms with Crippen molar-refractivity contribution < 1.29 is 14.5 Å². The summed E-state index contributed by atoms with van der Waals surface area (Å²) in [6.45, 7) is 3.31. The van der Waals surface area contributed by atoms with Crippen LogP contribution < -0.4 is 5.32 Å². The topological polar surface area (TPSA) is 81.5 Å². The number of rotatable bonds is 5. The highest BCUT2D eigenvalue weighted by Crippen LogP contribution is 2.36. The third kappa shape index (κ3) is 3.90. The van der Waals surface area contributed by atoms with Crippen molar-refractivity contribution in [2.24, 2.45) is 0 Å². The lowest BCUT2D eigenvalue weighted by atomic mass is 9.74. The first-order chi connectivity index (χ1) is 12.4. The number of carbonyl (C=O) groups excluding carboxylic acids is 1. The second-order valence-corrected chi connectivity index (χ2v) is 8.09. The molecule has 2 aromatic rings. The SMILES string of the molecule is Cc1sc(C(=O)NCC2(c3cccc(Cl)c3)CCOCC2)cc1[N+](=O)[O-]. The Morgan fingerprint density at radius 2 is 2.12 bits per heavy atom. The zero-order valence-corrected chi connectivity index (χ0v) is 15.9. The van der Waals surface area contributed by atoms with E-state index in [-0.39, 0.29) is 17.0 Å². The van der Waals surface area contributed by atoms with Gasteiger partial charge in [0.1, 0.15) is 0 Å². The smallest absolute Gasteiger partial charge is 0.283 e. The summed E-state index contributed by atoms with van der Waals surface area (Å²) in [5.74, 6) is -0.293. The van der Waals surface area contributed by atoms with Crippen molar-refractivity contribution in [2.45, 2.75) is 25.2 Å². The molecule has 0 spiro atoms. The molecule has 0 aliphatic carbocycles. The van der Waals surface area contributed by atoms with Crippen molar-refractivity contribution in [1.82, 2.24) is 5.32 Å². The summed E-state index contributed by atoms with van der Waals surface area (Å²) in [6.07, 6.45) is 1.55. The average Bonchev–Trinajstić information content (AvgIpc) is 3.03. The highest BCUT2D eigenvalue weighted by atomic mass is 35.5. The van der Waals surface area contributed by atoms with Crippen molar-refractivity contribution in [3.8, 4) is 0 Å². The number of aryl methyl sites for hydroxylation is 1. The zero-order valence-electron chi connectivity index (χ0n) is 14.3.